The number of para-hydroxylation sites is 1. The number of hydrogen-bond donors (Lipinski definition) is 1. The molecule has 0 aliphatic rings. The van der Waals surface area contributed by atoms with Crippen molar-refractivity contribution in [3.05, 3.63) is 59.7 Å². The SMILES string of the molecule is CCC(C)c1ccc(NC(C)c2ccccc2OC)cc1. The first-order valence-electron chi connectivity index (χ1n) is 7.65. The largest absolute Gasteiger partial charge is 0.496 e. The highest BCUT2D eigenvalue weighted by molar-refractivity contribution is 5.49. The van der Waals surface area contributed by atoms with E-state index in [2.05, 4.69) is 56.4 Å². The summed E-state index contributed by atoms with van der Waals surface area (Å²) < 4.78 is 5.43. The van der Waals surface area contributed by atoms with Crippen molar-refractivity contribution >= 4 is 5.69 Å². The Kier molecular flexibility index (Phi) is 5.26. The van der Waals surface area contributed by atoms with Crippen molar-refractivity contribution in [3.63, 3.8) is 0 Å². The molecule has 2 nitrogen and oxygen atoms in total. The molecule has 0 spiro atoms. The van der Waals surface area contributed by atoms with Crippen LogP contribution in [0, 0.1) is 0 Å². The van der Waals surface area contributed by atoms with Gasteiger partial charge in [-0.3, -0.25) is 0 Å². The number of ether oxygens (including phenoxy) is 1. The fraction of sp³-hybridized carbons (Fsp3) is 0.368. The average Bonchev–Trinajstić information content (AvgIpc) is 2.54. The molecule has 0 aromatic heterocycles. The molecule has 0 amide bonds. The Balaban J connectivity index is 2.10. The Morgan fingerprint density at radius 1 is 1.00 bits per heavy atom. The van der Waals surface area contributed by atoms with Crippen molar-refractivity contribution in [1.82, 2.24) is 0 Å². The summed E-state index contributed by atoms with van der Waals surface area (Å²) in [5.74, 6) is 1.54. The Bertz CT molecular complexity index is 562. The van der Waals surface area contributed by atoms with Gasteiger partial charge < -0.3 is 10.1 Å². The van der Waals surface area contributed by atoms with E-state index in [1.807, 2.05) is 18.2 Å². The maximum Gasteiger partial charge on any atom is 0.124 e. The Morgan fingerprint density at radius 3 is 2.29 bits per heavy atom. The van der Waals surface area contributed by atoms with E-state index in [-0.39, 0.29) is 6.04 Å². The summed E-state index contributed by atoms with van der Waals surface area (Å²) in [7, 11) is 1.71. The minimum absolute atomic E-state index is 0.204. The standard InChI is InChI=1S/C19H25NO/c1-5-14(2)16-10-12-17(13-11-16)20-15(3)18-8-6-7-9-19(18)21-4/h6-15,20H,5H2,1-4H3. The maximum atomic E-state index is 5.43. The fourth-order valence-corrected chi connectivity index (χ4v) is 2.50. The molecule has 2 rings (SSSR count). The van der Waals surface area contributed by atoms with Crippen LogP contribution in [0.2, 0.25) is 0 Å². The van der Waals surface area contributed by atoms with Gasteiger partial charge in [-0.1, -0.05) is 44.2 Å². The molecule has 112 valence electrons. The molecule has 0 fully saturated rings. The van der Waals surface area contributed by atoms with Crippen molar-refractivity contribution in [2.24, 2.45) is 0 Å². The summed E-state index contributed by atoms with van der Waals surface area (Å²) in [6.45, 7) is 6.64. The summed E-state index contributed by atoms with van der Waals surface area (Å²) in [5.41, 5.74) is 3.71. The van der Waals surface area contributed by atoms with Crippen LogP contribution in [0.15, 0.2) is 48.5 Å². The predicted octanol–water partition coefficient (Wildman–Crippen LogP) is 5.38. The Morgan fingerprint density at radius 2 is 1.67 bits per heavy atom. The van der Waals surface area contributed by atoms with Crippen LogP contribution in [0.1, 0.15) is 50.3 Å². The van der Waals surface area contributed by atoms with Crippen LogP contribution in [0.25, 0.3) is 0 Å². The second kappa shape index (κ2) is 7.16. The summed E-state index contributed by atoms with van der Waals surface area (Å²) in [6, 6.07) is 17.1. The van der Waals surface area contributed by atoms with Crippen molar-refractivity contribution in [3.8, 4) is 5.75 Å². The number of hydrogen-bond acceptors (Lipinski definition) is 2. The van der Waals surface area contributed by atoms with Crippen LogP contribution in [-0.2, 0) is 0 Å². The molecule has 0 bridgehead atoms. The lowest BCUT2D eigenvalue weighted by atomic mass is 9.98. The molecule has 0 saturated heterocycles. The molecule has 0 aliphatic heterocycles. The maximum absolute atomic E-state index is 5.43. The highest BCUT2D eigenvalue weighted by atomic mass is 16.5. The van der Waals surface area contributed by atoms with Gasteiger partial charge in [0.25, 0.3) is 0 Å². The average molecular weight is 283 g/mol. The zero-order valence-corrected chi connectivity index (χ0v) is 13.4. The second-order valence-electron chi connectivity index (χ2n) is 5.54. The fourth-order valence-electron chi connectivity index (χ4n) is 2.50. The summed E-state index contributed by atoms with van der Waals surface area (Å²) in [6.07, 6.45) is 1.17. The van der Waals surface area contributed by atoms with Crippen LogP contribution >= 0.6 is 0 Å². The molecule has 2 atom stereocenters. The van der Waals surface area contributed by atoms with Gasteiger partial charge in [-0.05, 0) is 43.0 Å². The first-order valence-corrected chi connectivity index (χ1v) is 7.65. The van der Waals surface area contributed by atoms with Crippen LogP contribution in [0.4, 0.5) is 5.69 Å². The first-order chi connectivity index (χ1) is 10.2. The molecular formula is C19H25NO. The van der Waals surface area contributed by atoms with E-state index >= 15 is 0 Å². The molecule has 0 saturated carbocycles. The number of nitrogens with one attached hydrogen (secondary N) is 1. The predicted molar refractivity (Wildman–Crippen MR) is 90.2 cm³/mol. The van der Waals surface area contributed by atoms with E-state index in [9.17, 15) is 0 Å². The molecule has 2 aromatic rings. The third-order valence-corrected chi connectivity index (χ3v) is 4.08. The van der Waals surface area contributed by atoms with E-state index < -0.39 is 0 Å². The monoisotopic (exact) mass is 283 g/mol. The van der Waals surface area contributed by atoms with E-state index in [0.717, 1.165) is 11.4 Å². The number of benzene rings is 2. The molecule has 0 aliphatic carbocycles. The third-order valence-electron chi connectivity index (χ3n) is 4.08. The van der Waals surface area contributed by atoms with Crippen LogP contribution in [0.3, 0.4) is 0 Å². The second-order valence-corrected chi connectivity index (χ2v) is 5.54. The third kappa shape index (κ3) is 3.78. The molecule has 21 heavy (non-hydrogen) atoms. The van der Waals surface area contributed by atoms with E-state index in [1.165, 1.54) is 17.5 Å². The van der Waals surface area contributed by atoms with E-state index in [1.54, 1.807) is 7.11 Å². The minimum Gasteiger partial charge on any atom is -0.496 e. The smallest absolute Gasteiger partial charge is 0.124 e. The van der Waals surface area contributed by atoms with Gasteiger partial charge in [0.05, 0.1) is 13.2 Å². The molecule has 0 radical (unpaired) electrons. The highest BCUT2D eigenvalue weighted by Crippen LogP contribution is 2.28. The number of methoxy groups -OCH3 is 1. The van der Waals surface area contributed by atoms with Gasteiger partial charge in [0.2, 0.25) is 0 Å². The van der Waals surface area contributed by atoms with Gasteiger partial charge in [-0.25, -0.2) is 0 Å². The lowest BCUT2D eigenvalue weighted by molar-refractivity contribution is 0.408. The van der Waals surface area contributed by atoms with Gasteiger partial charge in [-0.2, -0.15) is 0 Å². The molecule has 2 heteroatoms. The van der Waals surface area contributed by atoms with Crippen molar-refractivity contribution in [1.29, 1.82) is 0 Å². The quantitative estimate of drug-likeness (QED) is 0.768. The normalized spacial score (nSPS) is 13.5. The number of anilines is 1. The zero-order valence-electron chi connectivity index (χ0n) is 13.4. The van der Waals surface area contributed by atoms with Gasteiger partial charge in [-0.15, -0.1) is 0 Å². The van der Waals surface area contributed by atoms with Crippen molar-refractivity contribution in [2.45, 2.75) is 39.2 Å². The lowest BCUT2D eigenvalue weighted by Gasteiger charge is -2.19. The van der Waals surface area contributed by atoms with Crippen LogP contribution in [-0.4, -0.2) is 7.11 Å². The molecule has 0 heterocycles. The van der Waals surface area contributed by atoms with E-state index in [0.29, 0.717) is 5.92 Å². The topological polar surface area (TPSA) is 21.3 Å². The van der Waals surface area contributed by atoms with Crippen molar-refractivity contribution < 1.29 is 4.74 Å². The lowest BCUT2D eigenvalue weighted by Crippen LogP contribution is -2.08. The van der Waals surface area contributed by atoms with Gasteiger partial charge >= 0.3 is 0 Å². The van der Waals surface area contributed by atoms with Crippen LogP contribution < -0.4 is 10.1 Å². The number of rotatable bonds is 6. The Labute approximate surface area is 128 Å². The van der Waals surface area contributed by atoms with Gasteiger partial charge in [0, 0.05) is 11.3 Å². The van der Waals surface area contributed by atoms with Crippen molar-refractivity contribution in [2.75, 3.05) is 12.4 Å². The summed E-state index contributed by atoms with van der Waals surface area (Å²) in [4.78, 5) is 0. The Hall–Kier alpha value is -1.96. The molecule has 2 unspecified atom stereocenters. The molecule has 2 aromatic carbocycles. The zero-order chi connectivity index (χ0) is 15.2. The molecule has 1 N–H and O–H groups in total. The first kappa shape index (κ1) is 15.4. The molecular weight excluding hydrogens is 258 g/mol. The van der Waals surface area contributed by atoms with E-state index in [4.69, 9.17) is 4.74 Å². The summed E-state index contributed by atoms with van der Waals surface area (Å²) >= 11 is 0. The highest BCUT2D eigenvalue weighted by Gasteiger charge is 2.10. The van der Waals surface area contributed by atoms with Gasteiger partial charge in [0.1, 0.15) is 5.75 Å². The minimum atomic E-state index is 0.204. The van der Waals surface area contributed by atoms with Crippen LogP contribution in [0.5, 0.6) is 5.75 Å². The summed E-state index contributed by atoms with van der Waals surface area (Å²) in [5, 5.41) is 3.54. The van der Waals surface area contributed by atoms with Gasteiger partial charge in [0.15, 0.2) is 0 Å².